The molecule has 0 spiro atoms. The van der Waals surface area contributed by atoms with Crippen LogP contribution in [-0.2, 0) is 17.8 Å². The first-order valence-electron chi connectivity index (χ1n) is 8.55. The number of aryl methyl sites for hydroxylation is 1. The predicted molar refractivity (Wildman–Crippen MR) is 92.1 cm³/mol. The summed E-state index contributed by atoms with van der Waals surface area (Å²) in [5, 5.41) is 18.5. The molecule has 3 rings (SSSR count). The molecule has 2 heterocycles. The predicted octanol–water partition coefficient (Wildman–Crippen LogP) is 1.27. The second-order valence-corrected chi connectivity index (χ2v) is 6.59. The molecule has 2 aromatic rings. The number of amides is 1. The molecule has 1 aromatic heterocycles. The standard InChI is InChI=1S/C18H24N4O3/c1-25-16-6-3-15(4-7-16)5-8-17(23)21-11-2-9-18(24,13-21)14-22-12-10-19-20-22/h3-4,6-7,10,12,24H,2,5,8-9,11,13-14H2,1H3. The Bertz CT molecular complexity index is 687. The van der Waals surface area contributed by atoms with Gasteiger partial charge in [-0.25, -0.2) is 4.68 Å². The zero-order chi connectivity index (χ0) is 17.7. The molecule has 0 saturated carbocycles. The first-order chi connectivity index (χ1) is 12.1. The van der Waals surface area contributed by atoms with Gasteiger partial charge in [-0.2, -0.15) is 0 Å². The topological polar surface area (TPSA) is 80.5 Å². The summed E-state index contributed by atoms with van der Waals surface area (Å²) in [6.07, 6.45) is 5.88. The van der Waals surface area contributed by atoms with Gasteiger partial charge in [-0.1, -0.05) is 17.3 Å². The van der Waals surface area contributed by atoms with E-state index >= 15 is 0 Å². The third-order valence-corrected chi connectivity index (χ3v) is 4.62. The number of piperidine rings is 1. The highest BCUT2D eigenvalue weighted by molar-refractivity contribution is 5.76. The molecule has 7 nitrogen and oxygen atoms in total. The maximum absolute atomic E-state index is 12.5. The van der Waals surface area contributed by atoms with Crippen molar-refractivity contribution in [1.82, 2.24) is 19.9 Å². The lowest BCUT2D eigenvalue weighted by molar-refractivity contribution is -0.139. The minimum Gasteiger partial charge on any atom is -0.497 e. The van der Waals surface area contributed by atoms with Crippen LogP contribution in [0.15, 0.2) is 36.7 Å². The van der Waals surface area contributed by atoms with E-state index in [0.29, 0.717) is 38.9 Å². The Hall–Kier alpha value is -2.41. The van der Waals surface area contributed by atoms with Crippen molar-refractivity contribution in [3.63, 3.8) is 0 Å². The van der Waals surface area contributed by atoms with Gasteiger partial charge in [0.05, 0.1) is 26.4 Å². The van der Waals surface area contributed by atoms with E-state index in [4.69, 9.17) is 4.74 Å². The Morgan fingerprint density at radius 2 is 2.16 bits per heavy atom. The number of carbonyl (C=O) groups is 1. The van der Waals surface area contributed by atoms with E-state index in [0.717, 1.165) is 17.7 Å². The van der Waals surface area contributed by atoms with Crippen molar-refractivity contribution in [3.05, 3.63) is 42.2 Å². The van der Waals surface area contributed by atoms with Gasteiger partial charge in [-0.3, -0.25) is 4.79 Å². The summed E-state index contributed by atoms with van der Waals surface area (Å²) in [5.41, 5.74) is 0.158. The van der Waals surface area contributed by atoms with E-state index in [1.807, 2.05) is 24.3 Å². The van der Waals surface area contributed by atoms with Gasteiger partial charge >= 0.3 is 0 Å². The van der Waals surface area contributed by atoms with Crippen molar-refractivity contribution in [3.8, 4) is 5.75 Å². The highest BCUT2D eigenvalue weighted by atomic mass is 16.5. The smallest absolute Gasteiger partial charge is 0.223 e. The fourth-order valence-electron chi connectivity index (χ4n) is 3.27. The van der Waals surface area contributed by atoms with Gasteiger partial charge < -0.3 is 14.7 Å². The molecular formula is C18H24N4O3. The maximum Gasteiger partial charge on any atom is 0.223 e. The van der Waals surface area contributed by atoms with Crippen LogP contribution in [0.4, 0.5) is 0 Å². The van der Waals surface area contributed by atoms with Crippen LogP contribution in [-0.4, -0.2) is 56.7 Å². The molecule has 0 radical (unpaired) electrons. The Labute approximate surface area is 147 Å². The zero-order valence-electron chi connectivity index (χ0n) is 14.5. The fraction of sp³-hybridized carbons (Fsp3) is 0.500. The third kappa shape index (κ3) is 4.57. The third-order valence-electron chi connectivity index (χ3n) is 4.62. The quantitative estimate of drug-likeness (QED) is 0.854. The van der Waals surface area contributed by atoms with Crippen LogP contribution >= 0.6 is 0 Å². The van der Waals surface area contributed by atoms with E-state index in [-0.39, 0.29) is 5.91 Å². The first kappa shape index (κ1) is 17.4. The van der Waals surface area contributed by atoms with Gasteiger partial charge in [0.15, 0.2) is 0 Å². The molecular weight excluding hydrogens is 320 g/mol. The highest BCUT2D eigenvalue weighted by Gasteiger charge is 2.35. The van der Waals surface area contributed by atoms with Crippen molar-refractivity contribution in [2.24, 2.45) is 0 Å². The number of aromatic nitrogens is 3. The molecule has 0 bridgehead atoms. The van der Waals surface area contributed by atoms with Crippen LogP contribution in [0.25, 0.3) is 0 Å². The van der Waals surface area contributed by atoms with Gasteiger partial charge in [0, 0.05) is 19.2 Å². The number of carbonyl (C=O) groups excluding carboxylic acids is 1. The molecule has 1 amide bonds. The van der Waals surface area contributed by atoms with Gasteiger partial charge in [-0.15, -0.1) is 5.10 Å². The summed E-state index contributed by atoms with van der Waals surface area (Å²) in [7, 11) is 1.63. The minimum absolute atomic E-state index is 0.0764. The Kier molecular flexibility index (Phi) is 5.33. The SMILES string of the molecule is COc1ccc(CCC(=O)N2CCCC(O)(Cn3ccnn3)C2)cc1. The van der Waals surface area contributed by atoms with Crippen molar-refractivity contribution >= 4 is 5.91 Å². The average Bonchev–Trinajstić information content (AvgIpc) is 3.12. The number of methoxy groups -OCH3 is 1. The van der Waals surface area contributed by atoms with E-state index in [2.05, 4.69) is 10.3 Å². The van der Waals surface area contributed by atoms with Crippen molar-refractivity contribution < 1.29 is 14.6 Å². The van der Waals surface area contributed by atoms with Crippen LogP contribution in [0.1, 0.15) is 24.8 Å². The van der Waals surface area contributed by atoms with Gasteiger partial charge in [-0.05, 0) is 37.0 Å². The molecule has 7 heteroatoms. The van der Waals surface area contributed by atoms with E-state index in [1.54, 1.807) is 29.1 Å². The van der Waals surface area contributed by atoms with Gasteiger partial charge in [0.2, 0.25) is 5.91 Å². The molecule has 134 valence electrons. The molecule has 1 N–H and O–H groups in total. The first-order valence-corrected chi connectivity index (χ1v) is 8.55. The number of likely N-dealkylation sites (tertiary alicyclic amines) is 1. The van der Waals surface area contributed by atoms with Gasteiger partial charge in [0.25, 0.3) is 0 Å². The van der Waals surface area contributed by atoms with E-state index in [1.165, 1.54) is 0 Å². The molecule has 1 aromatic carbocycles. The summed E-state index contributed by atoms with van der Waals surface area (Å²) in [5.74, 6) is 0.886. The highest BCUT2D eigenvalue weighted by Crippen LogP contribution is 2.23. The summed E-state index contributed by atoms with van der Waals surface area (Å²) < 4.78 is 6.76. The summed E-state index contributed by atoms with van der Waals surface area (Å²) in [4.78, 5) is 14.3. The summed E-state index contributed by atoms with van der Waals surface area (Å²) in [6, 6.07) is 7.75. The Morgan fingerprint density at radius 3 is 2.84 bits per heavy atom. The van der Waals surface area contributed by atoms with Gasteiger partial charge in [0.1, 0.15) is 11.4 Å². The maximum atomic E-state index is 12.5. The molecule has 25 heavy (non-hydrogen) atoms. The lowest BCUT2D eigenvalue weighted by Crippen LogP contribution is -2.52. The molecule has 0 aliphatic carbocycles. The molecule has 1 aliphatic rings. The zero-order valence-corrected chi connectivity index (χ0v) is 14.5. The Balaban J connectivity index is 1.54. The van der Waals surface area contributed by atoms with Crippen LogP contribution in [0.3, 0.4) is 0 Å². The minimum atomic E-state index is -0.943. The van der Waals surface area contributed by atoms with Crippen LogP contribution in [0, 0.1) is 0 Å². The summed E-state index contributed by atoms with van der Waals surface area (Å²) in [6.45, 7) is 1.39. The van der Waals surface area contributed by atoms with Crippen molar-refractivity contribution in [1.29, 1.82) is 0 Å². The molecule has 1 aliphatic heterocycles. The second kappa shape index (κ2) is 7.65. The number of benzene rings is 1. The number of nitrogens with zero attached hydrogens (tertiary/aromatic N) is 4. The summed E-state index contributed by atoms with van der Waals surface area (Å²) >= 11 is 0. The Morgan fingerprint density at radius 1 is 1.36 bits per heavy atom. The number of aliphatic hydroxyl groups is 1. The lowest BCUT2D eigenvalue weighted by atomic mass is 9.92. The van der Waals surface area contributed by atoms with Crippen molar-refractivity contribution in [2.45, 2.75) is 37.8 Å². The number of ether oxygens (including phenoxy) is 1. The van der Waals surface area contributed by atoms with Crippen LogP contribution < -0.4 is 4.74 Å². The molecule has 1 saturated heterocycles. The van der Waals surface area contributed by atoms with Crippen LogP contribution in [0.2, 0.25) is 0 Å². The largest absolute Gasteiger partial charge is 0.497 e. The van der Waals surface area contributed by atoms with Crippen LogP contribution in [0.5, 0.6) is 5.75 Å². The lowest BCUT2D eigenvalue weighted by Gasteiger charge is -2.39. The van der Waals surface area contributed by atoms with Crippen molar-refractivity contribution in [2.75, 3.05) is 20.2 Å². The van der Waals surface area contributed by atoms with E-state index in [9.17, 15) is 9.90 Å². The molecule has 1 fully saturated rings. The fourth-order valence-corrected chi connectivity index (χ4v) is 3.27. The second-order valence-electron chi connectivity index (χ2n) is 6.59. The number of hydrogen-bond donors (Lipinski definition) is 1. The average molecular weight is 344 g/mol. The normalized spacial score (nSPS) is 20.5. The van der Waals surface area contributed by atoms with E-state index < -0.39 is 5.60 Å². The monoisotopic (exact) mass is 344 g/mol. The molecule has 1 unspecified atom stereocenters. The number of rotatable bonds is 6. The number of β-amino-alcohol motifs (C(OH)–C–C–N with tert-alkyl or cyclic N) is 1. The number of hydrogen-bond acceptors (Lipinski definition) is 5. The molecule has 1 atom stereocenters.